The number of fused-ring (bicyclic) bond motifs is 2. The number of amides is 2. The Bertz CT molecular complexity index is 1350. The fourth-order valence-corrected chi connectivity index (χ4v) is 9.10. The molecule has 0 aliphatic carbocycles. The van der Waals surface area contributed by atoms with Gasteiger partial charge in [-0.2, -0.15) is 0 Å². The third-order valence-corrected chi connectivity index (χ3v) is 11.2. The molecule has 0 aromatic carbocycles. The number of thioether (sulfide) groups is 2. The highest BCUT2D eigenvalue weighted by Crippen LogP contribution is 2.43. The van der Waals surface area contributed by atoms with Crippen molar-refractivity contribution in [3.8, 4) is 0 Å². The fourth-order valence-electron chi connectivity index (χ4n) is 3.85. The summed E-state index contributed by atoms with van der Waals surface area (Å²) in [5, 5.41) is 18.0. The van der Waals surface area contributed by atoms with Crippen molar-refractivity contribution in [2.45, 2.75) is 22.0 Å². The summed E-state index contributed by atoms with van der Waals surface area (Å²) in [4.78, 5) is 51.9. The zero-order valence-electron chi connectivity index (χ0n) is 17.5. The number of carboxylic acid groups (broad SMARTS) is 1. The molecule has 2 aliphatic rings. The second kappa shape index (κ2) is 9.50. The topological polar surface area (TPSA) is 104 Å². The number of hydrogen-bond donors (Lipinski definition) is 2. The van der Waals surface area contributed by atoms with Crippen molar-refractivity contribution in [3.05, 3.63) is 61.6 Å². The summed E-state index contributed by atoms with van der Waals surface area (Å²) in [6.45, 7) is 0.0486. The Labute approximate surface area is 214 Å². The highest BCUT2D eigenvalue weighted by molar-refractivity contribution is 8.04. The molecular formula is C22H18N2O5S5. The number of β-lactam (4-membered cyclic amide) rings is 1. The molecule has 2 saturated heterocycles. The van der Waals surface area contributed by atoms with Crippen molar-refractivity contribution in [1.29, 1.82) is 0 Å². The molecule has 2 unspecified atom stereocenters. The van der Waals surface area contributed by atoms with E-state index in [-0.39, 0.29) is 41.3 Å². The summed E-state index contributed by atoms with van der Waals surface area (Å²) in [5.74, 6) is -1.20. The predicted octanol–water partition coefficient (Wildman–Crippen LogP) is 3.70. The average Bonchev–Trinajstić information content (AvgIpc) is 3.49. The molecule has 2 amide bonds. The largest absolute Gasteiger partial charge is 0.481 e. The van der Waals surface area contributed by atoms with E-state index in [1.54, 1.807) is 17.6 Å². The smallest absolute Gasteiger partial charge is 0.316 e. The molecule has 2 fully saturated rings. The zero-order valence-corrected chi connectivity index (χ0v) is 21.5. The van der Waals surface area contributed by atoms with Crippen LogP contribution in [0.2, 0.25) is 0 Å². The molecule has 0 spiro atoms. The Kier molecular flexibility index (Phi) is 6.60. The minimum atomic E-state index is -1.23. The van der Waals surface area contributed by atoms with Crippen LogP contribution in [0.15, 0.2) is 55.5 Å². The number of rotatable bonds is 7. The lowest BCUT2D eigenvalue weighted by Gasteiger charge is -2.53. The molecule has 0 bridgehead atoms. The van der Waals surface area contributed by atoms with Crippen molar-refractivity contribution in [3.63, 3.8) is 0 Å². The molecule has 7 nitrogen and oxygen atoms in total. The summed E-state index contributed by atoms with van der Waals surface area (Å²) >= 11 is 7.05. The number of nitrogens with one attached hydrogen (secondary N) is 1. The van der Waals surface area contributed by atoms with Gasteiger partial charge in [0.15, 0.2) is 5.43 Å². The van der Waals surface area contributed by atoms with Gasteiger partial charge in [-0.05, 0) is 28.3 Å². The van der Waals surface area contributed by atoms with Crippen molar-refractivity contribution in [1.82, 2.24) is 10.2 Å². The van der Waals surface area contributed by atoms with E-state index in [1.807, 2.05) is 29.0 Å². The van der Waals surface area contributed by atoms with Crippen LogP contribution in [0.1, 0.15) is 4.88 Å². The van der Waals surface area contributed by atoms with Crippen LogP contribution < -0.4 is 10.7 Å². The molecule has 3 aromatic rings. The van der Waals surface area contributed by atoms with Crippen LogP contribution in [-0.2, 0) is 20.8 Å². The molecule has 3 aromatic heterocycles. The van der Waals surface area contributed by atoms with Crippen LogP contribution in [0.25, 0.3) is 9.40 Å². The monoisotopic (exact) mass is 550 g/mol. The van der Waals surface area contributed by atoms with Gasteiger partial charge in [-0.15, -0.1) is 45.8 Å². The van der Waals surface area contributed by atoms with Gasteiger partial charge >= 0.3 is 5.97 Å². The normalized spacial score (nSPS) is 24.2. The van der Waals surface area contributed by atoms with Gasteiger partial charge in [-0.3, -0.25) is 19.2 Å². The molecule has 3 atom stereocenters. The van der Waals surface area contributed by atoms with Crippen LogP contribution in [0.4, 0.5) is 0 Å². The minimum Gasteiger partial charge on any atom is -0.481 e. The van der Waals surface area contributed by atoms with Gasteiger partial charge in [-0.1, -0.05) is 23.9 Å². The maximum Gasteiger partial charge on any atom is 0.316 e. The van der Waals surface area contributed by atoms with Crippen molar-refractivity contribution in [2.24, 2.45) is 5.41 Å². The van der Waals surface area contributed by atoms with E-state index in [1.165, 1.54) is 62.4 Å². The third-order valence-electron chi connectivity index (χ3n) is 5.65. The summed E-state index contributed by atoms with van der Waals surface area (Å²) in [7, 11) is 0. The van der Waals surface area contributed by atoms with E-state index in [0.717, 1.165) is 18.5 Å². The molecule has 0 radical (unpaired) electrons. The Morgan fingerprint density at radius 2 is 2.12 bits per heavy atom. The lowest BCUT2D eigenvalue weighted by molar-refractivity contribution is -0.156. The van der Waals surface area contributed by atoms with Crippen molar-refractivity contribution >= 4 is 84.7 Å². The van der Waals surface area contributed by atoms with Crippen LogP contribution >= 0.6 is 57.5 Å². The quantitative estimate of drug-likeness (QED) is 0.342. The van der Waals surface area contributed by atoms with Crippen molar-refractivity contribution < 1.29 is 19.5 Å². The van der Waals surface area contributed by atoms with Gasteiger partial charge < -0.3 is 15.3 Å². The van der Waals surface area contributed by atoms with Crippen LogP contribution in [0, 0.1) is 5.41 Å². The molecule has 0 saturated carbocycles. The van der Waals surface area contributed by atoms with Crippen LogP contribution in [-0.4, -0.2) is 51.5 Å². The highest BCUT2D eigenvalue weighted by Gasteiger charge is 2.56. The molecule has 34 heavy (non-hydrogen) atoms. The maximum absolute atomic E-state index is 12.7. The second-order valence-corrected chi connectivity index (χ2v) is 13.2. The van der Waals surface area contributed by atoms with E-state index in [4.69, 9.17) is 0 Å². The molecule has 2 aliphatic heterocycles. The number of nitrogens with zero attached hydrogens (tertiary/aromatic N) is 1. The Balaban J connectivity index is 1.24. The van der Waals surface area contributed by atoms with E-state index in [0.29, 0.717) is 0 Å². The lowest BCUT2D eigenvalue weighted by Crippen LogP contribution is -2.73. The van der Waals surface area contributed by atoms with E-state index >= 15 is 0 Å². The number of carboxylic acids is 1. The number of carbonyl (C=O) groups excluding carboxylic acids is 2. The summed E-state index contributed by atoms with van der Waals surface area (Å²) in [5.41, 5.74) is -1.27. The summed E-state index contributed by atoms with van der Waals surface area (Å²) < 4.78 is 2.42. The summed E-state index contributed by atoms with van der Waals surface area (Å²) in [6, 6.07) is 6.59. The number of thiophene rings is 2. The van der Waals surface area contributed by atoms with Gasteiger partial charge in [0.2, 0.25) is 11.8 Å². The molecule has 176 valence electrons. The average molecular weight is 551 g/mol. The summed E-state index contributed by atoms with van der Waals surface area (Å²) in [6.07, 6.45) is 1.84. The van der Waals surface area contributed by atoms with E-state index in [2.05, 4.69) is 5.32 Å². The number of aliphatic carboxylic acids is 1. The number of carbonyl (C=O) groups is 3. The molecule has 2 N–H and O–H groups in total. The highest BCUT2D eigenvalue weighted by atomic mass is 32.2. The van der Waals surface area contributed by atoms with Gasteiger partial charge in [-0.25, -0.2) is 0 Å². The molecular weight excluding hydrogens is 533 g/mol. The first kappa shape index (κ1) is 23.6. The van der Waals surface area contributed by atoms with E-state index in [9.17, 15) is 24.3 Å². The standard InChI is InChI=1S/C22H18N2O5S5/c25-13-9-16(34-14-3-6-32-18(13)14)31-7-4-22(21(28)29)10-24-19(27)17(20(24)33-11-22)23-15(26)8-12-2-1-5-30-12/h1-7,9,17,20H,8,10-11H2,(H,23,26)(H,28,29)/t17?,20-,22?/m1/s1. The first-order valence-electron chi connectivity index (χ1n) is 10.2. The lowest BCUT2D eigenvalue weighted by atomic mass is 9.87. The van der Waals surface area contributed by atoms with Gasteiger partial charge in [0.1, 0.15) is 16.8 Å². The third kappa shape index (κ3) is 4.44. The Morgan fingerprint density at radius 1 is 1.26 bits per heavy atom. The van der Waals surface area contributed by atoms with E-state index < -0.39 is 17.4 Å². The van der Waals surface area contributed by atoms with Crippen molar-refractivity contribution in [2.75, 3.05) is 12.3 Å². The minimum absolute atomic E-state index is 0.0398. The van der Waals surface area contributed by atoms with Crippen LogP contribution in [0.3, 0.4) is 0 Å². The van der Waals surface area contributed by atoms with Gasteiger partial charge in [0, 0.05) is 23.2 Å². The fraction of sp³-hybridized carbons (Fsp3) is 0.273. The first-order valence-corrected chi connectivity index (χ1v) is 14.7. The SMILES string of the molecule is O=C(Cc1cccs1)NC1C(=O)N2CC(C=CSc3cc(=O)c4sccc4s3)(C(=O)O)CS[C@H]12. The Hall–Kier alpha value is -2.12. The molecule has 5 rings (SSSR count). The van der Waals surface area contributed by atoms with Gasteiger partial charge in [0.05, 0.1) is 20.0 Å². The second-order valence-electron chi connectivity index (χ2n) is 7.89. The van der Waals surface area contributed by atoms with Gasteiger partial charge in [0.25, 0.3) is 0 Å². The predicted molar refractivity (Wildman–Crippen MR) is 139 cm³/mol. The molecule has 12 heteroatoms. The number of hydrogen-bond acceptors (Lipinski definition) is 9. The molecule has 5 heterocycles. The first-order chi connectivity index (χ1) is 16.4. The van der Waals surface area contributed by atoms with Crippen LogP contribution in [0.5, 0.6) is 0 Å². The maximum atomic E-state index is 12.7. The zero-order chi connectivity index (χ0) is 23.9. The Morgan fingerprint density at radius 3 is 2.88 bits per heavy atom.